The van der Waals surface area contributed by atoms with Gasteiger partial charge in [0.2, 0.25) is 0 Å². The summed E-state index contributed by atoms with van der Waals surface area (Å²) in [5.41, 5.74) is 0. The number of nitrogens with zero attached hydrogens (tertiary/aromatic N) is 3. The SMILES string of the molecule is CN1CCN(C)C(CN2CCC(CNC3CC3)C2)C1. The maximum Gasteiger partial charge on any atom is 0.0347 e. The Labute approximate surface area is 118 Å². The summed E-state index contributed by atoms with van der Waals surface area (Å²) in [6, 6.07) is 1.60. The summed E-state index contributed by atoms with van der Waals surface area (Å²) < 4.78 is 0. The van der Waals surface area contributed by atoms with Crippen LogP contribution in [0.3, 0.4) is 0 Å². The Morgan fingerprint density at radius 2 is 1.84 bits per heavy atom. The van der Waals surface area contributed by atoms with Crippen molar-refractivity contribution in [3.63, 3.8) is 0 Å². The van der Waals surface area contributed by atoms with Crippen LogP contribution in [0, 0.1) is 5.92 Å². The fourth-order valence-electron chi connectivity index (χ4n) is 3.46. The maximum atomic E-state index is 3.69. The summed E-state index contributed by atoms with van der Waals surface area (Å²) in [5, 5.41) is 3.69. The number of hydrogen-bond acceptors (Lipinski definition) is 4. The minimum Gasteiger partial charge on any atom is -0.314 e. The zero-order valence-corrected chi connectivity index (χ0v) is 12.6. The first-order valence-electron chi connectivity index (χ1n) is 8.05. The summed E-state index contributed by atoms with van der Waals surface area (Å²) in [7, 11) is 4.55. The summed E-state index contributed by atoms with van der Waals surface area (Å²) in [5.74, 6) is 0.896. The summed E-state index contributed by atoms with van der Waals surface area (Å²) in [6.45, 7) is 8.82. The first kappa shape index (κ1) is 13.8. The van der Waals surface area contributed by atoms with E-state index in [9.17, 15) is 0 Å². The van der Waals surface area contributed by atoms with Gasteiger partial charge in [0.25, 0.3) is 0 Å². The smallest absolute Gasteiger partial charge is 0.0347 e. The van der Waals surface area contributed by atoms with E-state index in [1.54, 1.807) is 0 Å². The fraction of sp³-hybridized carbons (Fsp3) is 1.00. The highest BCUT2D eigenvalue weighted by Gasteiger charge is 2.29. The number of hydrogen-bond donors (Lipinski definition) is 1. The molecular formula is C15H30N4. The Kier molecular flexibility index (Phi) is 4.42. The number of rotatable bonds is 5. The Morgan fingerprint density at radius 1 is 1.00 bits per heavy atom. The van der Waals surface area contributed by atoms with Crippen molar-refractivity contribution in [3.05, 3.63) is 0 Å². The highest BCUT2D eigenvalue weighted by Crippen LogP contribution is 2.22. The van der Waals surface area contributed by atoms with Crippen LogP contribution in [0.25, 0.3) is 0 Å². The van der Waals surface area contributed by atoms with Crippen LogP contribution >= 0.6 is 0 Å². The summed E-state index contributed by atoms with van der Waals surface area (Å²) in [4.78, 5) is 7.72. The van der Waals surface area contributed by atoms with Gasteiger partial charge >= 0.3 is 0 Å². The van der Waals surface area contributed by atoms with Crippen LogP contribution in [0.5, 0.6) is 0 Å². The van der Waals surface area contributed by atoms with E-state index < -0.39 is 0 Å². The van der Waals surface area contributed by atoms with E-state index in [0.717, 1.165) is 18.0 Å². The molecule has 2 unspecified atom stereocenters. The van der Waals surface area contributed by atoms with Crippen LogP contribution < -0.4 is 5.32 Å². The molecule has 110 valence electrons. The van der Waals surface area contributed by atoms with Gasteiger partial charge in [0.15, 0.2) is 0 Å². The second kappa shape index (κ2) is 6.08. The van der Waals surface area contributed by atoms with E-state index in [2.05, 4.69) is 34.1 Å². The first-order valence-corrected chi connectivity index (χ1v) is 8.05. The molecule has 4 nitrogen and oxygen atoms in total. The lowest BCUT2D eigenvalue weighted by molar-refractivity contribution is 0.0880. The molecule has 0 aromatic heterocycles. The van der Waals surface area contributed by atoms with Crippen LogP contribution in [-0.2, 0) is 0 Å². The van der Waals surface area contributed by atoms with Crippen molar-refractivity contribution >= 4 is 0 Å². The van der Waals surface area contributed by atoms with Crippen molar-refractivity contribution < 1.29 is 0 Å². The minimum absolute atomic E-state index is 0.730. The second-order valence-corrected chi connectivity index (χ2v) is 6.99. The quantitative estimate of drug-likeness (QED) is 0.773. The third kappa shape index (κ3) is 3.91. The normalized spacial score (nSPS) is 35.1. The van der Waals surface area contributed by atoms with E-state index >= 15 is 0 Å². The van der Waals surface area contributed by atoms with Crippen molar-refractivity contribution in [3.8, 4) is 0 Å². The fourth-order valence-corrected chi connectivity index (χ4v) is 3.46. The molecule has 3 rings (SSSR count). The molecule has 0 aromatic rings. The first-order chi connectivity index (χ1) is 9.20. The van der Waals surface area contributed by atoms with Gasteiger partial charge in [-0.2, -0.15) is 0 Å². The molecule has 0 radical (unpaired) electrons. The average Bonchev–Trinajstić information content (AvgIpc) is 3.12. The number of piperazine rings is 1. The van der Waals surface area contributed by atoms with Gasteiger partial charge < -0.3 is 15.1 Å². The van der Waals surface area contributed by atoms with Gasteiger partial charge in [-0.3, -0.25) is 4.90 Å². The zero-order valence-electron chi connectivity index (χ0n) is 12.6. The van der Waals surface area contributed by atoms with Crippen molar-refractivity contribution in [1.29, 1.82) is 0 Å². The predicted molar refractivity (Wildman–Crippen MR) is 79.5 cm³/mol. The van der Waals surface area contributed by atoms with E-state index in [4.69, 9.17) is 0 Å². The van der Waals surface area contributed by atoms with Gasteiger partial charge in [-0.15, -0.1) is 0 Å². The van der Waals surface area contributed by atoms with Crippen LogP contribution in [0.1, 0.15) is 19.3 Å². The molecule has 2 saturated heterocycles. The largest absolute Gasteiger partial charge is 0.314 e. The van der Waals surface area contributed by atoms with Crippen molar-refractivity contribution in [2.24, 2.45) is 5.92 Å². The van der Waals surface area contributed by atoms with Gasteiger partial charge in [0.05, 0.1) is 0 Å². The molecule has 19 heavy (non-hydrogen) atoms. The Hall–Kier alpha value is -0.160. The monoisotopic (exact) mass is 266 g/mol. The van der Waals surface area contributed by atoms with E-state index in [0.29, 0.717) is 0 Å². The molecule has 0 aromatic carbocycles. The Balaban J connectivity index is 1.40. The molecule has 0 spiro atoms. The standard InChI is InChI=1S/C15H30N4/c1-17-7-8-18(2)15(11-17)12-19-6-5-13(10-19)9-16-14-3-4-14/h13-16H,3-12H2,1-2H3. The molecule has 2 atom stereocenters. The minimum atomic E-state index is 0.730. The lowest BCUT2D eigenvalue weighted by Crippen LogP contribution is -2.54. The van der Waals surface area contributed by atoms with Crippen molar-refractivity contribution in [2.45, 2.75) is 31.3 Å². The Bertz CT molecular complexity index is 292. The Morgan fingerprint density at radius 3 is 2.63 bits per heavy atom. The van der Waals surface area contributed by atoms with Crippen LogP contribution in [0.15, 0.2) is 0 Å². The zero-order chi connectivity index (χ0) is 13.2. The lowest BCUT2D eigenvalue weighted by Gasteiger charge is -2.39. The summed E-state index contributed by atoms with van der Waals surface area (Å²) in [6.07, 6.45) is 4.22. The van der Waals surface area contributed by atoms with Gasteiger partial charge in [-0.05, 0) is 52.4 Å². The lowest BCUT2D eigenvalue weighted by atomic mass is 10.1. The molecule has 1 N–H and O–H groups in total. The third-order valence-corrected chi connectivity index (χ3v) is 5.09. The van der Waals surface area contributed by atoms with Gasteiger partial charge in [0, 0.05) is 44.8 Å². The predicted octanol–water partition coefficient (Wildman–Crippen LogP) is 0.306. The third-order valence-electron chi connectivity index (χ3n) is 5.09. The maximum absolute atomic E-state index is 3.69. The number of likely N-dealkylation sites (tertiary alicyclic amines) is 1. The van der Waals surface area contributed by atoms with Crippen molar-refractivity contribution in [1.82, 2.24) is 20.0 Å². The molecular weight excluding hydrogens is 236 g/mol. The molecule has 1 aliphatic carbocycles. The molecule has 1 saturated carbocycles. The molecule has 0 amide bonds. The van der Waals surface area contributed by atoms with E-state index in [1.807, 2.05) is 0 Å². The molecule has 3 aliphatic rings. The highest BCUT2D eigenvalue weighted by atomic mass is 15.3. The van der Waals surface area contributed by atoms with Crippen molar-refractivity contribution in [2.75, 3.05) is 59.9 Å². The van der Waals surface area contributed by atoms with Crippen LogP contribution in [-0.4, -0.2) is 86.7 Å². The molecule has 2 aliphatic heterocycles. The molecule has 2 heterocycles. The molecule has 3 fully saturated rings. The van der Waals surface area contributed by atoms with Gasteiger partial charge in [-0.1, -0.05) is 0 Å². The number of nitrogens with one attached hydrogen (secondary N) is 1. The molecule has 4 heteroatoms. The van der Waals surface area contributed by atoms with Crippen LogP contribution in [0.4, 0.5) is 0 Å². The topological polar surface area (TPSA) is 21.8 Å². The average molecular weight is 266 g/mol. The van der Waals surface area contributed by atoms with E-state index in [-0.39, 0.29) is 0 Å². The van der Waals surface area contributed by atoms with Gasteiger partial charge in [-0.25, -0.2) is 0 Å². The van der Waals surface area contributed by atoms with Crippen LogP contribution in [0.2, 0.25) is 0 Å². The molecule has 0 bridgehead atoms. The highest BCUT2D eigenvalue weighted by molar-refractivity contribution is 4.87. The second-order valence-electron chi connectivity index (χ2n) is 6.99. The van der Waals surface area contributed by atoms with Gasteiger partial charge in [0.1, 0.15) is 0 Å². The number of likely N-dealkylation sites (N-methyl/N-ethyl adjacent to an activating group) is 2. The summed E-state index contributed by atoms with van der Waals surface area (Å²) >= 11 is 0. The van der Waals surface area contributed by atoms with E-state index in [1.165, 1.54) is 65.1 Å².